The third-order valence-corrected chi connectivity index (χ3v) is 4.01. The molecule has 0 spiro atoms. The fourth-order valence-corrected chi connectivity index (χ4v) is 2.86. The molecule has 6 heteroatoms. The molecule has 1 aromatic rings. The summed E-state index contributed by atoms with van der Waals surface area (Å²) in [5.74, 6) is 0.938. The molecular weight excluding hydrogens is 294 g/mol. The minimum atomic E-state index is -0.0626. The van der Waals surface area contributed by atoms with Crippen LogP contribution in [0.3, 0.4) is 0 Å². The van der Waals surface area contributed by atoms with Crippen molar-refractivity contribution in [2.24, 2.45) is 5.11 Å². The Hall–Kier alpha value is -2.01. The molecule has 0 saturated heterocycles. The molecule has 1 aliphatic rings. The van der Waals surface area contributed by atoms with Gasteiger partial charge in [-0.25, -0.2) is 0 Å². The molecule has 0 fully saturated rings. The van der Waals surface area contributed by atoms with Crippen LogP contribution in [0.25, 0.3) is 16.0 Å². The molecule has 0 radical (unpaired) electrons. The SMILES string of the molecule is COCOCCC(CCC1=CCc2c(OC)cccc21)N=[N+]=[N-]. The molecule has 23 heavy (non-hydrogen) atoms. The summed E-state index contributed by atoms with van der Waals surface area (Å²) < 4.78 is 15.5. The Labute approximate surface area is 136 Å². The van der Waals surface area contributed by atoms with Gasteiger partial charge in [0.1, 0.15) is 12.5 Å². The molecular formula is C17H23N3O3. The summed E-state index contributed by atoms with van der Waals surface area (Å²) in [5.41, 5.74) is 12.5. The summed E-state index contributed by atoms with van der Waals surface area (Å²) >= 11 is 0. The van der Waals surface area contributed by atoms with Gasteiger partial charge in [0.2, 0.25) is 0 Å². The molecule has 2 rings (SSSR count). The summed E-state index contributed by atoms with van der Waals surface area (Å²) in [6, 6.07) is 6.07. The topological polar surface area (TPSA) is 76.5 Å². The van der Waals surface area contributed by atoms with Crippen LogP contribution in [0.4, 0.5) is 0 Å². The molecule has 1 aliphatic carbocycles. The molecule has 0 heterocycles. The lowest BCUT2D eigenvalue weighted by Gasteiger charge is -2.13. The first-order valence-electron chi connectivity index (χ1n) is 7.76. The predicted molar refractivity (Wildman–Crippen MR) is 89.3 cm³/mol. The summed E-state index contributed by atoms with van der Waals surface area (Å²) in [6.45, 7) is 0.794. The van der Waals surface area contributed by atoms with Crippen molar-refractivity contribution in [2.75, 3.05) is 27.6 Å². The number of methoxy groups -OCH3 is 2. The first-order valence-corrected chi connectivity index (χ1v) is 7.76. The highest BCUT2D eigenvalue weighted by Gasteiger charge is 2.18. The van der Waals surface area contributed by atoms with Crippen molar-refractivity contribution in [3.05, 3.63) is 45.8 Å². The fourth-order valence-electron chi connectivity index (χ4n) is 2.86. The van der Waals surface area contributed by atoms with Crippen molar-refractivity contribution < 1.29 is 14.2 Å². The highest BCUT2D eigenvalue weighted by molar-refractivity contribution is 5.75. The van der Waals surface area contributed by atoms with Gasteiger partial charge < -0.3 is 14.2 Å². The van der Waals surface area contributed by atoms with Crippen LogP contribution in [0.15, 0.2) is 29.4 Å². The lowest BCUT2D eigenvalue weighted by Crippen LogP contribution is -2.09. The molecule has 0 saturated carbocycles. The second kappa shape index (κ2) is 9.20. The van der Waals surface area contributed by atoms with Crippen LogP contribution in [-0.2, 0) is 15.9 Å². The van der Waals surface area contributed by atoms with Crippen molar-refractivity contribution in [3.63, 3.8) is 0 Å². The van der Waals surface area contributed by atoms with Crippen molar-refractivity contribution in [1.82, 2.24) is 0 Å². The maximum absolute atomic E-state index is 8.72. The molecule has 0 amide bonds. The number of hydrogen-bond donors (Lipinski definition) is 0. The average molecular weight is 317 g/mol. The van der Waals surface area contributed by atoms with Gasteiger partial charge in [-0.05, 0) is 48.4 Å². The van der Waals surface area contributed by atoms with Crippen LogP contribution in [0.5, 0.6) is 5.75 Å². The number of benzene rings is 1. The summed E-state index contributed by atoms with van der Waals surface area (Å²) in [6.07, 6.45) is 5.53. The second-order valence-corrected chi connectivity index (χ2v) is 5.42. The lowest BCUT2D eigenvalue weighted by atomic mass is 9.98. The van der Waals surface area contributed by atoms with Gasteiger partial charge in [-0.1, -0.05) is 23.3 Å². The first kappa shape index (κ1) is 17.3. The zero-order valence-electron chi connectivity index (χ0n) is 13.7. The van der Waals surface area contributed by atoms with Gasteiger partial charge in [0.15, 0.2) is 0 Å². The van der Waals surface area contributed by atoms with Crippen molar-refractivity contribution in [1.29, 1.82) is 0 Å². The van der Waals surface area contributed by atoms with E-state index in [1.165, 1.54) is 16.7 Å². The molecule has 0 N–H and O–H groups in total. The molecule has 0 aliphatic heterocycles. The molecule has 0 bridgehead atoms. The van der Waals surface area contributed by atoms with Crippen LogP contribution in [0.1, 0.15) is 30.4 Å². The van der Waals surface area contributed by atoms with Crippen molar-refractivity contribution in [3.8, 4) is 5.75 Å². The minimum Gasteiger partial charge on any atom is -0.496 e. The summed E-state index contributed by atoms with van der Waals surface area (Å²) in [4.78, 5) is 2.95. The zero-order valence-corrected chi connectivity index (χ0v) is 13.7. The van der Waals surface area contributed by atoms with Crippen LogP contribution in [0, 0.1) is 0 Å². The summed E-state index contributed by atoms with van der Waals surface area (Å²) in [7, 11) is 3.29. The number of fused-ring (bicyclic) bond motifs is 1. The van der Waals surface area contributed by atoms with E-state index < -0.39 is 0 Å². The predicted octanol–water partition coefficient (Wildman–Crippen LogP) is 4.10. The average Bonchev–Trinajstić information content (AvgIpc) is 2.99. The second-order valence-electron chi connectivity index (χ2n) is 5.42. The smallest absolute Gasteiger partial charge is 0.146 e. The quantitative estimate of drug-likeness (QED) is 0.214. The molecule has 6 nitrogen and oxygen atoms in total. The Morgan fingerprint density at radius 2 is 2.17 bits per heavy atom. The third-order valence-electron chi connectivity index (χ3n) is 4.01. The van der Waals surface area contributed by atoms with Crippen molar-refractivity contribution in [2.45, 2.75) is 31.7 Å². The lowest BCUT2D eigenvalue weighted by molar-refractivity contribution is -0.0324. The minimum absolute atomic E-state index is 0.0626. The van der Waals surface area contributed by atoms with E-state index in [4.69, 9.17) is 19.7 Å². The first-order chi connectivity index (χ1) is 11.3. The largest absolute Gasteiger partial charge is 0.496 e. The van der Waals surface area contributed by atoms with Crippen molar-refractivity contribution >= 4 is 5.57 Å². The molecule has 124 valence electrons. The van der Waals surface area contributed by atoms with E-state index in [0.717, 1.165) is 25.0 Å². The van der Waals surface area contributed by atoms with Crippen LogP contribution >= 0.6 is 0 Å². The number of ether oxygens (including phenoxy) is 3. The van der Waals surface area contributed by atoms with Gasteiger partial charge in [0, 0.05) is 30.2 Å². The van der Waals surface area contributed by atoms with E-state index in [1.807, 2.05) is 12.1 Å². The third kappa shape index (κ3) is 4.73. The fraction of sp³-hybridized carbons (Fsp3) is 0.529. The summed E-state index contributed by atoms with van der Waals surface area (Å²) in [5, 5.41) is 3.88. The zero-order chi connectivity index (χ0) is 16.5. The molecule has 0 aromatic heterocycles. The van der Waals surface area contributed by atoms with E-state index in [2.05, 4.69) is 22.2 Å². The van der Waals surface area contributed by atoms with E-state index in [-0.39, 0.29) is 12.8 Å². The Bertz CT molecular complexity index is 595. The number of azide groups is 1. The van der Waals surface area contributed by atoms with E-state index in [0.29, 0.717) is 13.0 Å². The molecule has 1 unspecified atom stereocenters. The Kier molecular flexibility index (Phi) is 6.94. The number of allylic oxidation sites excluding steroid dienone is 2. The van der Waals surface area contributed by atoms with E-state index >= 15 is 0 Å². The van der Waals surface area contributed by atoms with Gasteiger partial charge in [-0.15, -0.1) is 0 Å². The monoisotopic (exact) mass is 317 g/mol. The van der Waals surface area contributed by atoms with E-state index in [9.17, 15) is 0 Å². The Balaban J connectivity index is 1.91. The molecule has 1 atom stereocenters. The van der Waals surface area contributed by atoms with Gasteiger partial charge in [-0.2, -0.15) is 0 Å². The highest BCUT2D eigenvalue weighted by Crippen LogP contribution is 2.36. The normalized spacial score (nSPS) is 13.9. The van der Waals surface area contributed by atoms with Gasteiger partial charge >= 0.3 is 0 Å². The number of rotatable bonds is 10. The van der Waals surface area contributed by atoms with Crippen LogP contribution in [0.2, 0.25) is 0 Å². The van der Waals surface area contributed by atoms with E-state index in [1.54, 1.807) is 14.2 Å². The Morgan fingerprint density at radius 1 is 1.30 bits per heavy atom. The van der Waals surface area contributed by atoms with Gasteiger partial charge in [-0.3, -0.25) is 0 Å². The highest BCUT2D eigenvalue weighted by atomic mass is 16.7. The Morgan fingerprint density at radius 3 is 2.91 bits per heavy atom. The molecule has 1 aromatic carbocycles. The standard InChI is InChI=1S/C17H23N3O3/c1-21-12-23-11-10-14(19-20-18)8-6-13-7-9-16-15(13)4-3-5-17(16)22-2/h3-5,7,14H,6,8-12H2,1-2H3. The maximum atomic E-state index is 8.72. The van der Waals surface area contributed by atoms with Crippen LogP contribution < -0.4 is 4.74 Å². The van der Waals surface area contributed by atoms with Crippen LogP contribution in [-0.4, -0.2) is 33.7 Å². The van der Waals surface area contributed by atoms with Gasteiger partial charge in [0.25, 0.3) is 0 Å². The number of nitrogens with zero attached hydrogens (tertiary/aromatic N) is 3. The maximum Gasteiger partial charge on any atom is 0.146 e. The van der Waals surface area contributed by atoms with Gasteiger partial charge in [0.05, 0.1) is 7.11 Å². The number of hydrogen-bond acceptors (Lipinski definition) is 4.